The fourth-order valence-corrected chi connectivity index (χ4v) is 3.61. The van der Waals surface area contributed by atoms with Crippen molar-refractivity contribution in [3.8, 4) is 0 Å². The van der Waals surface area contributed by atoms with Gasteiger partial charge in [-0.05, 0) is 49.4 Å². The topological polar surface area (TPSA) is 75.7 Å². The summed E-state index contributed by atoms with van der Waals surface area (Å²) < 4.78 is 5.08. The molecule has 0 radical (unpaired) electrons. The average molecular weight is 358 g/mol. The van der Waals surface area contributed by atoms with Crippen molar-refractivity contribution in [2.24, 2.45) is 5.92 Å². The highest BCUT2D eigenvalue weighted by atomic mass is 16.5. The van der Waals surface area contributed by atoms with Crippen molar-refractivity contribution in [3.05, 3.63) is 29.8 Å². The van der Waals surface area contributed by atoms with Crippen LogP contribution in [0.4, 0.5) is 5.69 Å². The van der Waals surface area contributed by atoms with E-state index in [2.05, 4.69) is 5.32 Å². The molecule has 2 aliphatic rings. The second-order valence-electron chi connectivity index (χ2n) is 7.08. The van der Waals surface area contributed by atoms with Gasteiger partial charge in [0.05, 0.1) is 5.56 Å². The number of carbonyl (C=O) groups is 3. The number of amides is 2. The summed E-state index contributed by atoms with van der Waals surface area (Å²) in [7, 11) is 0. The van der Waals surface area contributed by atoms with Crippen LogP contribution >= 0.6 is 0 Å². The van der Waals surface area contributed by atoms with Crippen LogP contribution in [-0.2, 0) is 14.3 Å². The maximum absolute atomic E-state index is 12.1. The molecule has 1 aromatic carbocycles. The van der Waals surface area contributed by atoms with Crippen molar-refractivity contribution in [2.75, 3.05) is 24.6 Å². The van der Waals surface area contributed by atoms with Gasteiger partial charge in [-0.1, -0.05) is 19.3 Å². The molecule has 0 unspecified atom stereocenters. The van der Waals surface area contributed by atoms with Gasteiger partial charge in [0.1, 0.15) is 0 Å². The van der Waals surface area contributed by atoms with E-state index in [1.54, 1.807) is 29.2 Å². The van der Waals surface area contributed by atoms with Gasteiger partial charge in [-0.25, -0.2) is 4.79 Å². The molecule has 26 heavy (non-hydrogen) atoms. The number of ether oxygens (including phenoxy) is 1. The van der Waals surface area contributed by atoms with Crippen molar-refractivity contribution in [3.63, 3.8) is 0 Å². The molecule has 1 aliphatic heterocycles. The summed E-state index contributed by atoms with van der Waals surface area (Å²) in [6.07, 6.45) is 7.49. The highest BCUT2D eigenvalue weighted by Gasteiger charge is 2.22. The van der Waals surface area contributed by atoms with Gasteiger partial charge in [-0.3, -0.25) is 9.59 Å². The molecule has 2 fully saturated rings. The molecule has 6 nitrogen and oxygen atoms in total. The second kappa shape index (κ2) is 8.83. The molecule has 1 saturated heterocycles. The normalized spacial score (nSPS) is 18.0. The fourth-order valence-electron chi connectivity index (χ4n) is 3.61. The monoisotopic (exact) mass is 358 g/mol. The minimum absolute atomic E-state index is 0.106. The molecule has 3 rings (SSSR count). The van der Waals surface area contributed by atoms with Crippen molar-refractivity contribution in [2.45, 2.75) is 44.9 Å². The van der Waals surface area contributed by atoms with Gasteiger partial charge in [-0.15, -0.1) is 0 Å². The molecule has 1 aromatic rings. The van der Waals surface area contributed by atoms with Crippen LogP contribution in [0, 0.1) is 5.92 Å². The number of hydrogen-bond acceptors (Lipinski definition) is 4. The number of carbonyl (C=O) groups excluding carboxylic acids is 3. The minimum atomic E-state index is -0.530. The second-order valence-corrected chi connectivity index (χ2v) is 7.08. The maximum Gasteiger partial charge on any atom is 0.338 e. The molecule has 1 heterocycles. The van der Waals surface area contributed by atoms with Crippen LogP contribution in [0.15, 0.2) is 24.3 Å². The summed E-state index contributed by atoms with van der Waals surface area (Å²) in [5, 5.41) is 2.85. The fraction of sp³-hybridized carbons (Fsp3) is 0.550. The standard InChI is InChI=1S/C20H26N2O4/c23-18(21-13-15-5-2-1-3-6-15)14-26-20(25)16-8-10-17(11-9-16)22-12-4-7-19(22)24/h8-11,15H,1-7,12-14H2,(H,21,23). The van der Waals surface area contributed by atoms with Crippen LogP contribution in [0.1, 0.15) is 55.3 Å². The predicted molar refractivity (Wildman–Crippen MR) is 97.9 cm³/mol. The Balaban J connectivity index is 1.42. The zero-order chi connectivity index (χ0) is 18.4. The number of anilines is 1. The molecule has 0 bridgehead atoms. The Bertz CT molecular complexity index is 650. The largest absolute Gasteiger partial charge is 0.452 e. The number of nitrogens with one attached hydrogen (secondary N) is 1. The first-order valence-electron chi connectivity index (χ1n) is 9.48. The lowest BCUT2D eigenvalue weighted by molar-refractivity contribution is -0.124. The minimum Gasteiger partial charge on any atom is -0.452 e. The van der Waals surface area contributed by atoms with Crippen molar-refractivity contribution >= 4 is 23.5 Å². The van der Waals surface area contributed by atoms with Crippen LogP contribution in [0.3, 0.4) is 0 Å². The Hall–Kier alpha value is -2.37. The summed E-state index contributed by atoms with van der Waals surface area (Å²) in [6.45, 7) is 1.11. The molecule has 6 heteroatoms. The first-order valence-corrected chi connectivity index (χ1v) is 9.48. The third kappa shape index (κ3) is 4.84. The molecule has 0 spiro atoms. The molecule has 1 aliphatic carbocycles. The zero-order valence-corrected chi connectivity index (χ0v) is 15.0. The van der Waals surface area contributed by atoms with Gasteiger partial charge in [-0.2, -0.15) is 0 Å². The molecule has 1 N–H and O–H groups in total. The summed E-state index contributed by atoms with van der Waals surface area (Å²) in [5.41, 5.74) is 1.16. The molecule has 2 amide bonds. The SMILES string of the molecule is O=C(COC(=O)c1ccc(N2CCCC2=O)cc1)NCC1CCCCC1. The smallest absolute Gasteiger partial charge is 0.338 e. The van der Waals surface area contributed by atoms with E-state index in [0.717, 1.165) is 24.9 Å². The van der Waals surface area contributed by atoms with Gasteiger partial charge < -0.3 is 15.0 Å². The number of nitrogens with zero attached hydrogens (tertiary/aromatic N) is 1. The third-order valence-electron chi connectivity index (χ3n) is 5.14. The van der Waals surface area contributed by atoms with Gasteiger partial charge in [0.15, 0.2) is 6.61 Å². The summed E-state index contributed by atoms with van der Waals surface area (Å²) in [4.78, 5) is 37.4. The van der Waals surface area contributed by atoms with E-state index >= 15 is 0 Å². The van der Waals surface area contributed by atoms with Crippen molar-refractivity contribution < 1.29 is 19.1 Å². The summed E-state index contributed by atoms with van der Waals surface area (Å²) >= 11 is 0. The van der Waals surface area contributed by atoms with Gasteiger partial charge >= 0.3 is 5.97 Å². The predicted octanol–water partition coefficient (Wildman–Crippen LogP) is 2.67. The van der Waals surface area contributed by atoms with E-state index in [0.29, 0.717) is 31.0 Å². The van der Waals surface area contributed by atoms with E-state index in [-0.39, 0.29) is 18.4 Å². The van der Waals surface area contributed by atoms with Crippen LogP contribution in [0.5, 0.6) is 0 Å². The maximum atomic E-state index is 12.1. The van der Waals surface area contributed by atoms with Crippen molar-refractivity contribution in [1.29, 1.82) is 0 Å². The van der Waals surface area contributed by atoms with E-state index < -0.39 is 5.97 Å². The molecular weight excluding hydrogens is 332 g/mol. The Morgan fingerprint density at radius 3 is 2.46 bits per heavy atom. The molecular formula is C20H26N2O4. The number of hydrogen-bond donors (Lipinski definition) is 1. The summed E-state index contributed by atoms with van der Waals surface area (Å²) in [6, 6.07) is 6.73. The van der Waals surface area contributed by atoms with E-state index in [1.807, 2.05) is 0 Å². The lowest BCUT2D eigenvalue weighted by atomic mass is 9.89. The van der Waals surface area contributed by atoms with Gasteiger partial charge in [0.2, 0.25) is 5.91 Å². The first kappa shape index (κ1) is 18.4. The number of rotatable bonds is 6. The Labute approximate surface area is 153 Å². The van der Waals surface area contributed by atoms with Crippen molar-refractivity contribution in [1.82, 2.24) is 5.32 Å². The molecule has 0 aromatic heterocycles. The Morgan fingerprint density at radius 2 is 1.81 bits per heavy atom. The number of esters is 1. The quantitative estimate of drug-likeness (QED) is 0.793. The van der Waals surface area contributed by atoms with Gasteiger partial charge in [0, 0.05) is 25.2 Å². The van der Waals surface area contributed by atoms with Gasteiger partial charge in [0.25, 0.3) is 5.91 Å². The molecule has 1 saturated carbocycles. The Morgan fingerprint density at radius 1 is 1.08 bits per heavy atom. The zero-order valence-electron chi connectivity index (χ0n) is 15.0. The van der Waals surface area contributed by atoms with Crippen LogP contribution in [-0.4, -0.2) is 37.5 Å². The van der Waals surface area contributed by atoms with E-state index in [1.165, 1.54) is 19.3 Å². The first-order chi connectivity index (χ1) is 12.6. The lowest BCUT2D eigenvalue weighted by Crippen LogP contribution is -2.33. The third-order valence-corrected chi connectivity index (χ3v) is 5.14. The highest BCUT2D eigenvalue weighted by molar-refractivity contribution is 5.96. The molecule has 140 valence electrons. The van der Waals surface area contributed by atoms with Crippen LogP contribution in [0.2, 0.25) is 0 Å². The van der Waals surface area contributed by atoms with E-state index in [4.69, 9.17) is 4.74 Å². The number of benzene rings is 1. The van der Waals surface area contributed by atoms with E-state index in [9.17, 15) is 14.4 Å². The Kier molecular flexibility index (Phi) is 6.26. The lowest BCUT2D eigenvalue weighted by Gasteiger charge is -2.21. The average Bonchev–Trinajstić information content (AvgIpc) is 3.11. The summed E-state index contributed by atoms with van der Waals surface area (Å²) in [5.74, 6) is -0.139. The highest BCUT2D eigenvalue weighted by Crippen LogP contribution is 2.23. The molecule has 0 atom stereocenters. The van der Waals surface area contributed by atoms with Crippen LogP contribution < -0.4 is 10.2 Å². The van der Waals surface area contributed by atoms with Crippen LogP contribution in [0.25, 0.3) is 0 Å².